The summed E-state index contributed by atoms with van der Waals surface area (Å²) >= 11 is 0. The van der Waals surface area contributed by atoms with Crippen LogP contribution in [-0.2, 0) is 0 Å². The molecule has 0 aliphatic rings. The van der Waals surface area contributed by atoms with Gasteiger partial charge in [0, 0.05) is 18.8 Å². The smallest absolute Gasteiger partial charge is 0.102 e. The van der Waals surface area contributed by atoms with Crippen molar-refractivity contribution in [3.05, 3.63) is 0 Å². The predicted octanol–water partition coefficient (Wildman–Crippen LogP) is 14.7. The monoisotopic (exact) mass is 784 g/mol. The van der Waals surface area contributed by atoms with Gasteiger partial charge in [0.15, 0.2) is 0 Å². The third kappa shape index (κ3) is 26.0. The van der Waals surface area contributed by atoms with Crippen molar-refractivity contribution in [2.45, 2.75) is 292 Å². The molecule has 1 nitrogen and oxygen atoms in total. The van der Waals surface area contributed by atoms with Crippen molar-refractivity contribution < 1.29 is 21.5 Å². The van der Waals surface area contributed by atoms with E-state index in [0.717, 1.165) is 5.92 Å². The van der Waals surface area contributed by atoms with Crippen LogP contribution in [0.5, 0.6) is 0 Å². The number of quaternary nitrogens is 1. The first-order chi connectivity index (χ1) is 24.6. The first-order valence-corrected chi connectivity index (χ1v) is 24.4. The number of hydrogen-bond donors (Lipinski definition) is 0. The molecule has 0 rings (SSSR count). The van der Waals surface area contributed by atoms with Gasteiger partial charge in [0.25, 0.3) is 0 Å². The second-order valence-electron chi connectivity index (χ2n) is 17.4. The van der Waals surface area contributed by atoms with Gasteiger partial charge in [-0.05, 0) is 51.4 Å². The summed E-state index contributed by atoms with van der Waals surface area (Å²) in [7, 11) is 0. The van der Waals surface area contributed by atoms with Gasteiger partial charge in [-0.2, -0.15) is 0 Å². The second-order valence-corrected chi connectivity index (χ2v) is 17.4. The zero-order chi connectivity index (χ0) is 36.9. The highest BCUT2D eigenvalue weighted by atomic mass is 79.9. The molecule has 0 bridgehead atoms. The molecule has 310 valence electrons. The highest BCUT2D eigenvalue weighted by Gasteiger charge is 2.52. The Bertz CT molecular complexity index is 590. The van der Waals surface area contributed by atoms with E-state index in [1.807, 2.05) is 0 Å². The Hall–Kier alpha value is 0.440. The van der Waals surface area contributed by atoms with E-state index in [1.54, 1.807) is 0 Å². The quantitative estimate of drug-likeness (QED) is 0.0427. The minimum absolute atomic E-state index is 0. The van der Waals surface area contributed by atoms with E-state index >= 15 is 0 Å². The third-order valence-corrected chi connectivity index (χ3v) is 12.9. The number of halogens is 1. The second kappa shape index (κ2) is 40.1. The summed E-state index contributed by atoms with van der Waals surface area (Å²) in [4.78, 5) is 0. The van der Waals surface area contributed by atoms with Gasteiger partial charge in [-0.15, -0.1) is 0 Å². The molecule has 1 unspecified atom stereocenters. The van der Waals surface area contributed by atoms with Gasteiger partial charge in [0.05, 0.1) is 19.6 Å². The Morgan fingerprint density at radius 3 is 0.843 bits per heavy atom. The molecule has 0 saturated carbocycles. The van der Waals surface area contributed by atoms with Crippen molar-refractivity contribution >= 4 is 0 Å². The Morgan fingerprint density at radius 2 is 0.569 bits per heavy atom. The normalized spacial score (nSPS) is 12.8. The third-order valence-electron chi connectivity index (χ3n) is 12.9. The van der Waals surface area contributed by atoms with Crippen molar-refractivity contribution in [1.82, 2.24) is 0 Å². The standard InChI is InChI=1S/C49H102N.BrH/c1-8-15-19-23-27-30-34-38-45-50(46-39-35-31-28-24-20-16-9-2,47-40-36-32-29-25-21-17-10-3)49(43-13-6,44-14-7)48(41-12-5)42-37-33-26-22-18-11-4;/h48H,8-47H2,1-7H3;1H/q+1;/p-1. The van der Waals surface area contributed by atoms with E-state index in [1.165, 1.54) is 262 Å². The maximum atomic E-state index is 2.55. The topological polar surface area (TPSA) is 0 Å². The van der Waals surface area contributed by atoms with Crippen molar-refractivity contribution in [2.75, 3.05) is 19.6 Å². The van der Waals surface area contributed by atoms with Gasteiger partial charge in [0.1, 0.15) is 5.54 Å². The fraction of sp³-hybridized carbons (Fsp3) is 1.00. The molecule has 0 heterocycles. The van der Waals surface area contributed by atoms with Crippen LogP contribution in [0.2, 0.25) is 0 Å². The zero-order valence-corrected chi connectivity index (χ0v) is 38.8. The highest BCUT2D eigenvalue weighted by Crippen LogP contribution is 2.46. The van der Waals surface area contributed by atoms with Gasteiger partial charge in [-0.3, -0.25) is 0 Å². The van der Waals surface area contributed by atoms with Gasteiger partial charge in [-0.25, -0.2) is 0 Å². The Morgan fingerprint density at radius 1 is 0.294 bits per heavy atom. The number of nitrogens with zero attached hydrogens (tertiary/aromatic N) is 1. The lowest BCUT2D eigenvalue weighted by molar-refractivity contribution is -0.982. The largest absolute Gasteiger partial charge is 1.00 e. The molecule has 0 aromatic heterocycles. The Balaban J connectivity index is 0. The van der Waals surface area contributed by atoms with Crippen LogP contribution in [0, 0.1) is 5.92 Å². The molecule has 0 aliphatic carbocycles. The van der Waals surface area contributed by atoms with Crippen LogP contribution in [0.15, 0.2) is 0 Å². The summed E-state index contributed by atoms with van der Waals surface area (Å²) in [5.74, 6) is 0.913. The average molecular weight is 785 g/mol. The lowest BCUT2D eigenvalue weighted by Gasteiger charge is -2.58. The molecule has 2 heteroatoms. The molecule has 0 spiro atoms. The number of unbranched alkanes of at least 4 members (excludes halogenated alkanes) is 26. The molecular weight excluding hydrogens is 682 g/mol. The van der Waals surface area contributed by atoms with Gasteiger partial charge >= 0.3 is 0 Å². The fourth-order valence-corrected chi connectivity index (χ4v) is 10.1. The van der Waals surface area contributed by atoms with Crippen LogP contribution in [0.4, 0.5) is 0 Å². The van der Waals surface area contributed by atoms with Gasteiger partial charge in [0.2, 0.25) is 0 Å². The van der Waals surface area contributed by atoms with Crippen molar-refractivity contribution in [2.24, 2.45) is 5.92 Å². The van der Waals surface area contributed by atoms with Crippen LogP contribution in [-0.4, -0.2) is 29.7 Å². The molecule has 0 fully saturated rings. The van der Waals surface area contributed by atoms with E-state index in [2.05, 4.69) is 48.5 Å². The molecule has 0 amide bonds. The lowest BCUT2D eigenvalue weighted by atomic mass is 9.69. The Kier molecular flexibility index (Phi) is 42.1. The number of rotatable bonds is 42. The Labute approximate surface area is 337 Å². The zero-order valence-electron chi connectivity index (χ0n) is 37.2. The van der Waals surface area contributed by atoms with Crippen LogP contribution < -0.4 is 17.0 Å². The summed E-state index contributed by atoms with van der Waals surface area (Å²) in [6, 6.07) is 0. The summed E-state index contributed by atoms with van der Waals surface area (Å²) in [5.41, 5.74) is 0.492. The van der Waals surface area contributed by atoms with E-state index in [0.29, 0.717) is 5.54 Å². The molecule has 0 saturated heterocycles. The molecule has 0 aliphatic heterocycles. The lowest BCUT2D eigenvalue weighted by Crippen LogP contribution is -3.00. The maximum absolute atomic E-state index is 2.55. The molecule has 0 aromatic carbocycles. The minimum atomic E-state index is 0. The summed E-state index contributed by atoms with van der Waals surface area (Å²) in [6.45, 7) is 21.5. The highest BCUT2D eigenvalue weighted by molar-refractivity contribution is 4.90. The first-order valence-electron chi connectivity index (χ1n) is 24.4. The maximum Gasteiger partial charge on any atom is 0.102 e. The minimum Gasteiger partial charge on any atom is -1.00 e. The van der Waals surface area contributed by atoms with Crippen LogP contribution in [0.25, 0.3) is 0 Å². The summed E-state index contributed by atoms with van der Waals surface area (Å²) in [5, 5.41) is 0. The average Bonchev–Trinajstić information content (AvgIpc) is 3.12. The van der Waals surface area contributed by atoms with Crippen molar-refractivity contribution in [3.8, 4) is 0 Å². The molecular formula is C49H102BrN. The van der Waals surface area contributed by atoms with Crippen molar-refractivity contribution in [3.63, 3.8) is 0 Å². The van der Waals surface area contributed by atoms with E-state index < -0.39 is 0 Å². The van der Waals surface area contributed by atoms with Crippen LogP contribution >= 0.6 is 0 Å². The predicted molar refractivity (Wildman–Crippen MR) is 232 cm³/mol. The SMILES string of the molecule is CCCCCCCCCC[N+](CCCCCCCCCC)(CCCCCCCCCC)C(CCC)(CCC)C(CCC)CCCCCCCC.[Br-]. The van der Waals surface area contributed by atoms with Gasteiger partial charge in [-0.1, -0.05) is 222 Å². The number of hydrogen-bond acceptors (Lipinski definition) is 0. The van der Waals surface area contributed by atoms with E-state index in [-0.39, 0.29) is 17.0 Å². The molecule has 51 heavy (non-hydrogen) atoms. The summed E-state index contributed by atoms with van der Waals surface area (Å²) in [6.07, 6.45) is 53.7. The first kappa shape index (κ1) is 53.5. The van der Waals surface area contributed by atoms with E-state index in [4.69, 9.17) is 0 Å². The van der Waals surface area contributed by atoms with Crippen LogP contribution in [0.1, 0.15) is 286 Å². The molecule has 0 N–H and O–H groups in total. The molecule has 1 atom stereocenters. The van der Waals surface area contributed by atoms with Crippen LogP contribution in [0.3, 0.4) is 0 Å². The fourth-order valence-electron chi connectivity index (χ4n) is 10.1. The van der Waals surface area contributed by atoms with E-state index in [9.17, 15) is 0 Å². The molecule has 0 radical (unpaired) electrons. The summed E-state index contributed by atoms with van der Waals surface area (Å²) < 4.78 is 1.51. The van der Waals surface area contributed by atoms with Crippen molar-refractivity contribution in [1.29, 1.82) is 0 Å². The molecule has 0 aromatic rings. The van der Waals surface area contributed by atoms with Gasteiger partial charge < -0.3 is 21.5 Å².